The van der Waals surface area contributed by atoms with Crippen LogP contribution in [0.2, 0.25) is 0 Å². The van der Waals surface area contributed by atoms with Crippen LogP contribution in [-0.4, -0.2) is 60.5 Å². The minimum Gasteiger partial charge on any atom is -0.342 e. The minimum absolute atomic E-state index is 0.0816. The molecule has 1 heterocycles. The molecule has 1 aliphatic heterocycles. The molecule has 0 aromatic carbocycles. The van der Waals surface area contributed by atoms with Crippen LogP contribution >= 0.6 is 0 Å². The van der Waals surface area contributed by atoms with E-state index in [1.54, 1.807) is 0 Å². The molecule has 3 atom stereocenters. The van der Waals surface area contributed by atoms with Gasteiger partial charge in [-0.15, -0.1) is 0 Å². The third-order valence-corrected chi connectivity index (χ3v) is 4.65. The Morgan fingerprint density at radius 2 is 1.95 bits per heavy atom. The highest BCUT2D eigenvalue weighted by Crippen LogP contribution is 2.19. The summed E-state index contributed by atoms with van der Waals surface area (Å²) in [5, 5.41) is 3.53. The summed E-state index contributed by atoms with van der Waals surface area (Å²) in [4.78, 5) is 16.7. The van der Waals surface area contributed by atoms with Gasteiger partial charge in [0.1, 0.15) is 0 Å². The van der Waals surface area contributed by atoms with Crippen LogP contribution in [0.1, 0.15) is 47.5 Å². The third kappa shape index (κ3) is 4.74. The molecule has 3 unspecified atom stereocenters. The van der Waals surface area contributed by atoms with E-state index >= 15 is 0 Å². The summed E-state index contributed by atoms with van der Waals surface area (Å²) in [6.45, 7) is 15.7. The van der Waals surface area contributed by atoms with Crippen LogP contribution in [0.5, 0.6) is 0 Å². The second-order valence-corrected chi connectivity index (χ2v) is 5.98. The summed E-state index contributed by atoms with van der Waals surface area (Å²) >= 11 is 0. The second kappa shape index (κ2) is 8.63. The first-order valence-corrected chi connectivity index (χ1v) is 8.30. The van der Waals surface area contributed by atoms with Crippen molar-refractivity contribution in [2.75, 3.05) is 32.7 Å². The number of carbonyl (C=O) groups excluding carboxylic acids is 1. The van der Waals surface area contributed by atoms with Gasteiger partial charge in [-0.1, -0.05) is 6.92 Å². The van der Waals surface area contributed by atoms with Crippen molar-refractivity contribution in [3.05, 3.63) is 0 Å². The number of hydrogen-bond donors (Lipinski definition) is 1. The lowest BCUT2D eigenvalue weighted by Crippen LogP contribution is -2.51. The maximum Gasteiger partial charge on any atom is 0.239 e. The highest BCUT2D eigenvalue weighted by molar-refractivity contribution is 5.81. The molecule has 1 saturated heterocycles. The van der Waals surface area contributed by atoms with Crippen LogP contribution in [0.25, 0.3) is 0 Å². The number of likely N-dealkylation sites (N-methyl/N-ethyl adjacent to an activating group) is 1. The van der Waals surface area contributed by atoms with Crippen LogP contribution < -0.4 is 5.32 Å². The Morgan fingerprint density at radius 3 is 2.50 bits per heavy atom. The second-order valence-electron chi connectivity index (χ2n) is 5.98. The summed E-state index contributed by atoms with van der Waals surface area (Å²) in [5.74, 6) is 0.890. The summed E-state index contributed by atoms with van der Waals surface area (Å²) in [6.07, 6.45) is 2.56. The molecule has 4 nitrogen and oxygen atoms in total. The van der Waals surface area contributed by atoms with Gasteiger partial charge in [0.05, 0.1) is 6.04 Å². The molecule has 0 aromatic heterocycles. The average Bonchev–Trinajstić information content (AvgIpc) is 2.48. The zero-order valence-electron chi connectivity index (χ0n) is 14.0. The predicted octanol–water partition coefficient (Wildman–Crippen LogP) is 1.95. The number of piperidine rings is 1. The van der Waals surface area contributed by atoms with E-state index in [1.807, 2.05) is 25.7 Å². The van der Waals surface area contributed by atoms with Gasteiger partial charge in [-0.2, -0.15) is 0 Å². The molecular formula is C16H33N3O. The number of carbonyl (C=O) groups is 1. The van der Waals surface area contributed by atoms with E-state index in [2.05, 4.69) is 24.1 Å². The number of hydrogen-bond acceptors (Lipinski definition) is 3. The average molecular weight is 283 g/mol. The fraction of sp³-hybridized carbons (Fsp3) is 0.938. The van der Waals surface area contributed by atoms with E-state index in [9.17, 15) is 4.79 Å². The lowest BCUT2D eigenvalue weighted by Gasteiger charge is -2.36. The zero-order valence-corrected chi connectivity index (χ0v) is 14.0. The Hall–Kier alpha value is -0.610. The Kier molecular flexibility index (Phi) is 7.52. The lowest BCUT2D eigenvalue weighted by atomic mass is 9.91. The summed E-state index contributed by atoms with van der Waals surface area (Å²) in [6, 6.07) is 0.320. The van der Waals surface area contributed by atoms with Gasteiger partial charge in [0, 0.05) is 25.7 Å². The predicted molar refractivity (Wildman–Crippen MR) is 84.8 cm³/mol. The van der Waals surface area contributed by atoms with Crippen molar-refractivity contribution in [1.29, 1.82) is 0 Å². The molecule has 0 radical (unpaired) electrons. The van der Waals surface area contributed by atoms with Gasteiger partial charge >= 0.3 is 0 Å². The third-order valence-electron chi connectivity index (χ3n) is 4.65. The molecule has 1 N–H and O–H groups in total. The molecule has 0 saturated carbocycles. The van der Waals surface area contributed by atoms with Crippen LogP contribution in [0.3, 0.4) is 0 Å². The maximum atomic E-state index is 12.3. The molecule has 1 rings (SSSR count). The molecule has 0 bridgehead atoms. The highest BCUT2D eigenvalue weighted by Gasteiger charge is 2.27. The van der Waals surface area contributed by atoms with Crippen LogP contribution in [0, 0.1) is 5.92 Å². The van der Waals surface area contributed by atoms with Gasteiger partial charge in [0.2, 0.25) is 5.91 Å². The van der Waals surface area contributed by atoms with Gasteiger partial charge in [-0.05, 0) is 59.5 Å². The normalized spacial score (nSPS) is 23.4. The molecule has 20 heavy (non-hydrogen) atoms. The highest BCUT2D eigenvalue weighted by atomic mass is 16.2. The van der Waals surface area contributed by atoms with Crippen LogP contribution in [0.15, 0.2) is 0 Å². The molecule has 118 valence electrons. The summed E-state index contributed by atoms with van der Waals surface area (Å²) in [7, 11) is 0. The molecular weight excluding hydrogens is 250 g/mol. The fourth-order valence-corrected chi connectivity index (χ4v) is 3.20. The summed E-state index contributed by atoms with van der Waals surface area (Å²) < 4.78 is 0. The van der Waals surface area contributed by atoms with E-state index in [0.717, 1.165) is 26.2 Å². The number of amides is 1. The number of likely N-dealkylation sites (tertiary alicyclic amines) is 1. The van der Waals surface area contributed by atoms with E-state index in [0.29, 0.717) is 12.0 Å². The first-order chi connectivity index (χ1) is 9.53. The van der Waals surface area contributed by atoms with E-state index in [1.165, 1.54) is 19.4 Å². The largest absolute Gasteiger partial charge is 0.342 e. The van der Waals surface area contributed by atoms with E-state index < -0.39 is 0 Å². The first kappa shape index (κ1) is 17.4. The lowest BCUT2D eigenvalue weighted by molar-refractivity contribution is -0.133. The van der Waals surface area contributed by atoms with E-state index in [-0.39, 0.29) is 11.9 Å². The number of nitrogens with one attached hydrogen (secondary N) is 1. The van der Waals surface area contributed by atoms with Gasteiger partial charge in [-0.25, -0.2) is 0 Å². The molecule has 1 aliphatic rings. The molecule has 1 fully saturated rings. The smallest absolute Gasteiger partial charge is 0.239 e. The van der Waals surface area contributed by atoms with Crippen LogP contribution in [0.4, 0.5) is 0 Å². The standard InChI is InChI=1S/C16H33N3O/c1-6-18-11-9-10-15(12-18)13(4)17-14(5)16(20)19(7-2)8-3/h13-15,17H,6-12H2,1-5H3. The molecule has 0 aromatic rings. The van der Waals surface area contributed by atoms with E-state index in [4.69, 9.17) is 0 Å². The summed E-state index contributed by atoms with van der Waals surface area (Å²) in [5.41, 5.74) is 0. The van der Waals surface area contributed by atoms with Gasteiger partial charge in [0.25, 0.3) is 0 Å². The first-order valence-electron chi connectivity index (χ1n) is 8.30. The van der Waals surface area contributed by atoms with Crippen molar-refractivity contribution < 1.29 is 4.79 Å². The van der Waals surface area contributed by atoms with Crippen molar-refractivity contribution in [2.24, 2.45) is 5.92 Å². The zero-order chi connectivity index (χ0) is 15.1. The van der Waals surface area contributed by atoms with Gasteiger partial charge in [0.15, 0.2) is 0 Å². The van der Waals surface area contributed by atoms with Crippen molar-refractivity contribution in [3.63, 3.8) is 0 Å². The maximum absolute atomic E-state index is 12.3. The number of rotatable bonds is 7. The van der Waals surface area contributed by atoms with Crippen LogP contribution in [-0.2, 0) is 4.79 Å². The molecule has 0 spiro atoms. The van der Waals surface area contributed by atoms with Crippen molar-refractivity contribution >= 4 is 5.91 Å². The Bertz CT molecular complexity index is 291. The molecule has 0 aliphatic carbocycles. The van der Waals surface area contributed by atoms with Gasteiger partial charge < -0.3 is 15.1 Å². The molecule has 4 heteroatoms. The van der Waals surface area contributed by atoms with Crippen molar-refractivity contribution in [2.45, 2.75) is 59.5 Å². The minimum atomic E-state index is -0.0816. The topological polar surface area (TPSA) is 35.6 Å². The molecule has 1 amide bonds. The monoisotopic (exact) mass is 283 g/mol. The van der Waals surface area contributed by atoms with Crippen molar-refractivity contribution in [1.82, 2.24) is 15.1 Å². The Labute approximate surface area is 124 Å². The van der Waals surface area contributed by atoms with Gasteiger partial charge in [-0.3, -0.25) is 4.79 Å². The Morgan fingerprint density at radius 1 is 1.30 bits per heavy atom. The van der Waals surface area contributed by atoms with Crippen molar-refractivity contribution in [3.8, 4) is 0 Å². The fourth-order valence-electron chi connectivity index (χ4n) is 3.20. The Balaban J connectivity index is 2.48. The quantitative estimate of drug-likeness (QED) is 0.776. The number of nitrogens with zero attached hydrogens (tertiary/aromatic N) is 2. The SMILES string of the molecule is CCN1CCCC(C(C)NC(C)C(=O)N(CC)CC)C1.